The van der Waals surface area contributed by atoms with Crippen LogP contribution >= 0.6 is 27.3 Å². The molecule has 0 N–H and O–H groups in total. The SMILES string of the molecule is CCOc1cc(C=O)ccc1OCc1sccc1Br. The molecular formula is C14H13BrO3S. The third-order valence-corrected chi connectivity index (χ3v) is 4.35. The van der Waals surface area contributed by atoms with Crippen molar-refractivity contribution in [1.82, 2.24) is 0 Å². The van der Waals surface area contributed by atoms with Crippen molar-refractivity contribution >= 4 is 33.6 Å². The van der Waals surface area contributed by atoms with Gasteiger partial charge < -0.3 is 9.47 Å². The van der Waals surface area contributed by atoms with Crippen molar-refractivity contribution in [2.75, 3.05) is 6.61 Å². The first-order valence-electron chi connectivity index (χ1n) is 5.81. The molecule has 1 aromatic heterocycles. The minimum atomic E-state index is 0.471. The molecule has 0 fully saturated rings. The predicted molar refractivity (Wildman–Crippen MR) is 79.3 cm³/mol. The van der Waals surface area contributed by atoms with Crippen molar-refractivity contribution in [2.24, 2.45) is 0 Å². The number of benzene rings is 1. The van der Waals surface area contributed by atoms with Gasteiger partial charge in [0.25, 0.3) is 0 Å². The summed E-state index contributed by atoms with van der Waals surface area (Å²) in [6, 6.07) is 7.15. The number of hydrogen-bond donors (Lipinski definition) is 0. The topological polar surface area (TPSA) is 35.5 Å². The Hall–Kier alpha value is -1.33. The van der Waals surface area contributed by atoms with Crippen molar-refractivity contribution in [2.45, 2.75) is 13.5 Å². The largest absolute Gasteiger partial charge is 0.490 e. The van der Waals surface area contributed by atoms with E-state index in [0.717, 1.165) is 15.6 Å². The second kappa shape index (κ2) is 6.73. The molecule has 2 rings (SSSR count). The van der Waals surface area contributed by atoms with Crippen LogP contribution in [0.25, 0.3) is 0 Å². The van der Waals surface area contributed by atoms with E-state index in [1.807, 2.05) is 18.4 Å². The maximum absolute atomic E-state index is 10.8. The summed E-state index contributed by atoms with van der Waals surface area (Å²) in [5.74, 6) is 1.24. The molecule has 0 aliphatic rings. The van der Waals surface area contributed by atoms with Gasteiger partial charge >= 0.3 is 0 Å². The molecule has 0 bridgehead atoms. The summed E-state index contributed by atoms with van der Waals surface area (Å²) >= 11 is 5.09. The normalized spacial score (nSPS) is 10.2. The molecule has 1 aromatic carbocycles. The van der Waals surface area contributed by atoms with Gasteiger partial charge in [0.2, 0.25) is 0 Å². The fourth-order valence-corrected chi connectivity index (χ4v) is 2.93. The number of aldehydes is 1. The molecular weight excluding hydrogens is 328 g/mol. The van der Waals surface area contributed by atoms with Crippen molar-refractivity contribution in [3.05, 3.63) is 44.6 Å². The first-order valence-corrected chi connectivity index (χ1v) is 7.48. The van der Waals surface area contributed by atoms with E-state index in [4.69, 9.17) is 9.47 Å². The van der Waals surface area contributed by atoms with Crippen LogP contribution in [0.2, 0.25) is 0 Å². The molecule has 1 heterocycles. The zero-order chi connectivity index (χ0) is 13.7. The van der Waals surface area contributed by atoms with Gasteiger partial charge in [0.1, 0.15) is 12.9 Å². The van der Waals surface area contributed by atoms with Crippen LogP contribution in [0.1, 0.15) is 22.2 Å². The van der Waals surface area contributed by atoms with Crippen LogP contribution < -0.4 is 9.47 Å². The zero-order valence-electron chi connectivity index (χ0n) is 10.4. The highest BCUT2D eigenvalue weighted by atomic mass is 79.9. The van der Waals surface area contributed by atoms with Gasteiger partial charge in [-0.05, 0) is 52.5 Å². The molecule has 100 valence electrons. The van der Waals surface area contributed by atoms with Gasteiger partial charge in [-0.2, -0.15) is 0 Å². The molecule has 0 radical (unpaired) electrons. The van der Waals surface area contributed by atoms with Crippen LogP contribution in [0.15, 0.2) is 34.1 Å². The second-order valence-corrected chi connectivity index (χ2v) is 5.59. The lowest BCUT2D eigenvalue weighted by molar-refractivity contribution is 0.112. The van der Waals surface area contributed by atoms with Crippen molar-refractivity contribution in [3.8, 4) is 11.5 Å². The summed E-state index contributed by atoms with van der Waals surface area (Å²) in [7, 11) is 0. The number of carbonyl (C=O) groups is 1. The predicted octanol–water partition coefficient (Wildman–Crippen LogP) is 4.30. The molecule has 0 saturated carbocycles. The van der Waals surface area contributed by atoms with Crippen molar-refractivity contribution in [3.63, 3.8) is 0 Å². The van der Waals surface area contributed by atoms with E-state index in [-0.39, 0.29) is 0 Å². The third kappa shape index (κ3) is 3.58. The summed E-state index contributed by atoms with van der Waals surface area (Å²) in [5, 5.41) is 2.00. The number of rotatable bonds is 6. The van der Waals surface area contributed by atoms with Crippen LogP contribution in [-0.4, -0.2) is 12.9 Å². The van der Waals surface area contributed by atoms with Gasteiger partial charge in [0.15, 0.2) is 11.5 Å². The highest BCUT2D eigenvalue weighted by Gasteiger charge is 2.08. The molecule has 19 heavy (non-hydrogen) atoms. The molecule has 0 aliphatic carbocycles. The smallest absolute Gasteiger partial charge is 0.161 e. The fraction of sp³-hybridized carbons (Fsp3) is 0.214. The third-order valence-electron chi connectivity index (χ3n) is 2.45. The van der Waals surface area contributed by atoms with E-state index in [1.165, 1.54) is 0 Å². The van der Waals surface area contributed by atoms with Crippen molar-refractivity contribution < 1.29 is 14.3 Å². The number of hydrogen-bond acceptors (Lipinski definition) is 4. The highest BCUT2D eigenvalue weighted by molar-refractivity contribution is 9.10. The Labute approximate surface area is 124 Å². The van der Waals surface area contributed by atoms with Gasteiger partial charge in [0.05, 0.1) is 11.5 Å². The molecule has 0 aliphatic heterocycles. The number of halogens is 1. The molecule has 0 spiro atoms. The van der Waals surface area contributed by atoms with E-state index in [1.54, 1.807) is 29.5 Å². The second-order valence-electron chi connectivity index (χ2n) is 3.74. The van der Waals surface area contributed by atoms with Crippen LogP contribution in [0.5, 0.6) is 11.5 Å². The lowest BCUT2D eigenvalue weighted by Gasteiger charge is -2.11. The first-order chi connectivity index (χ1) is 9.24. The number of carbonyl (C=O) groups excluding carboxylic acids is 1. The molecule has 0 saturated heterocycles. The van der Waals surface area contributed by atoms with Crippen LogP contribution in [0.4, 0.5) is 0 Å². The summed E-state index contributed by atoms with van der Waals surface area (Å²) < 4.78 is 12.3. The first kappa shape index (κ1) is 14.1. The lowest BCUT2D eigenvalue weighted by Crippen LogP contribution is -1.99. The summed E-state index contributed by atoms with van der Waals surface area (Å²) in [4.78, 5) is 11.9. The van der Waals surface area contributed by atoms with E-state index in [0.29, 0.717) is 30.3 Å². The van der Waals surface area contributed by atoms with Gasteiger partial charge in [0, 0.05) is 10.0 Å². The average Bonchev–Trinajstić information content (AvgIpc) is 2.83. The van der Waals surface area contributed by atoms with Crippen LogP contribution in [-0.2, 0) is 6.61 Å². The molecule has 3 nitrogen and oxygen atoms in total. The zero-order valence-corrected chi connectivity index (χ0v) is 12.8. The Balaban J connectivity index is 2.14. The molecule has 2 aromatic rings. The highest BCUT2D eigenvalue weighted by Crippen LogP contribution is 2.30. The number of ether oxygens (including phenoxy) is 2. The van der Waals surface area contributed by atoms with E-state index in [9.17, 15) is 4.79 Å². The maximum Gasteiger partial charge on any atom is 0.161 e. The quantitative estimate of drug-likeness (QED) is 0.735. The Morgan fingerprint density at radius 1 is 1.26 bits per heavy atom. The Bertz CT molecular complexity index is 566. The van der Waals surface area contributed by atoms with Crippen LogP contribution in [0.3, 0.4) is 0 Å². The van der Waals surface area contributed by atoms with E-state index < -0.39 is 0 Å². The summed E-state index contributed by atoms with van der Waals surface area (Å²) in [6.45, 7) is 2.90. The van der Waals surface area contributed by atoms with E-state index in [2.05, 4.69) is 15.9 Å². The standard InChI is InChI=1S/C14H13BrO3S/c1-2-17-13-7-10(8-16)3-4-12(13)18-9-14-11(15)5-6-19-14/h3-8H,2,9H2,1H3. The Kier molecular flexibility index (Phi) is 4.99. The monoisotopic (exact) mass is 340 g/mol. The average molecular weight is 341 g/mol. The molecule has 5 heteroatoms. The Morgan fingerprint density at radius 3 is 2.74 bits per heavy atom. The summed E-state index contributed by atoms with van der Waals surface area (Å²) in [6.07, 6.45) is 0.794. The molecule has 0 amide bonds. The molecule has 0 atom stereocenters. The van der Waals surface area contributed by atoms with Gasteiger partial charge in [-0.25, -0.2) is 0 Å². The minimum absolute atomic E-state index is 0.471. The number of thiophene rings is 1. The van der Waals surface area contributed by atoms with E-state index >= 15 is 0 Å². The van der Waals surface area contributed by atoms with Crippen molar-refractivity contribution in [1.29, 1.82) is 0 Å². The van der Waals surface area contributed by atoms with Gasteiger partial charge in [-0.1, -0.05) is 0 Å². The van der Waals surface area contributed by atoms with Crippen LogP contribution in [0, 0.1) is 0 Å². The minimum Gasteiger partial charge on any atom is -0.490 e. The van der Waals surface area contributed by atoms with Gasteiger partial charge in [-0.15, -0.1) is 11.3 Å². The fourth-order valence-electron chi connectivity index (χ4n) is 1.56. The summed E-state index contributed by atoms with van der Waals surface area (Å²) in [5.41, 5.74) is 0.577. The Morgan fingerprint density at radius 2 is 2.11 bits per heavy atom. The molecule has 0 unspecified atom stereocenters. The lowest BCUT2D eigenvalue weighted by atomic mass is 10.2. The maximum atomic E-state index is 10.8. The van der Waals surface area contributed by atoms with Gasteiger partial charge in [-0.3, -0.25) is 4.79 Å².